The Kier molecular flexibility index (Phi) is 9.97. The monoisotopic (exact) mass is 391 g/mol. The first kappa shape index (κ1) is 22.7. The summed E-state index contributed by atoms with van der Waals surface area (Å²) in [6.07, 6.45) is 0.152. The third kappa shape index (κ3) is 7.51. The molecule has 1 saturated heterocycles. The second kappa shape index (κ2) is 11.4. The number of nitrogens with one attached hydrogen (secondary N) is 1. The van der Waals surface area contributed by atoms with Gasteiger partial charge in [0.2, 0.25) is 5.91 Å². The van der Waals surface area contributed by atoms with Gasteiger partial charge in [0.05, 0.1) is 0 Å². The Morgan fingerprint density at radius 1 is 1.08 bits per heavy atom. The zero-order chi connectivity index (χ0) is 19.7. The van der Waals surface area contributed by atoms with Crippen molar-refractivity contribution in [1.82, 2.24) is 4.72 Å². The van der Waals surface area contributed by atoms with Crippen molar-refractivity contribution in [2.24, 2.45) is 11.8 Å². The van der Waals surface area contributed by atoms with E-state index in [1.165, 1.54) is 13.8 Å². The molecule has 0 radical (unpaired) electrons. The quantitative estimate of drug-likeness (QED) is 0.350. The average molecular weight is 391 g/mol. The van der Waals surface area contributed by atoms with Crippen molar-refractivity contribution in [2.75, 3.05) is 13.2 Å². The summed E-state index contributed by atoms with van der Waals surface area (Å²) in [6.45, 7) is 6.98. The van der Waals surface area contributed by atoms with Crippen molar-refractivity contribution >= 4 is 30.7 Å². The molecule has 5 atom stereocenters. The minimum absolute atomic E-state index is 0.00762. The number of hydrogen-bond acceptors (Lipinski definition) is 8. The molecule has 1 fully saturated rings. The predicted octanol–water partition coefficient (Wildman–Crippen LogP) is 1.63. The molecule has 0 aromatic heterocycles. The highest BCUT2D eigenvalue weighted by atomic mass is 32.1. The lowest BCUT2D eigenvalue weighted by Crippen LogP contribution is -2.53. The maximum Gasteiger partial charge on any atom is 0.303 e. The van der Waals surface area contributed by atoms with Crippen molar-refractivity contribution in [1.29, 1.82) is 0 Å². The molecule has 150 valence electrons. The van der Waals surface area contributed by atoms with Crippen LogP contribution < -0.4 is 4.72 Å². The van der Waals surface area contributed by atoms with Gasteiger partial charge in [0.25, 0.3) is 0 Å². The Morgan fingerprint density at radius 3 is 2.35 bits per heavy atom. The highest BCUT2D eigenvalue weighted by Gasteiger charge is 2.44. The first-order chi connectivity index (χ1) is 12.3. The van der Waals surface area contributed by atoms with E-state index in [-0.39, 0.29) is 24.3 Å². The van der Waals surface area contributed by atoms with Gasteiger partial charge in [-0.1, -0.05) is 26.7 Å². The van der Waals surface area contributed by atoms with E-state index in [9.17, 15) is 14.4 Å². The van der Waals surface area contributed by atoms with Gasteiger partial charge >= 0.3 is 11.9 Å². The topological polar surface area (TPSA) is 100 Å². The summed E-state index contributed by atoms with van der Waals surface area (Å²) in [5, 5.41) is 0. The molecule has 8 nitrogen and oxygen atoms in total. The van der Waals surface area contributed by atoms with Crippen LogP contribution in [0.3, 0.4) is 0 Å². The van der Waals surface area contributed by atoms with Crippen molar-refractivity contribution in [2.45, 2.75) is 65.5 Å². The van der Waals surface area contributed by atoms with Gasteiger partial charge in [0, 0.05) is 38.7 Å². The van der Waals surface area contributed by atoms with Gasteiger partial charge in [-0.15, -0.1) is 0 Å². The number of carbonyl (C=O) groups excluding carboxylic acids is 3. The fourth-order valence-corrected chi connectivity index (χ4v) is 2.91. The first-order valence-electron chi connectivity index (χ1n) is 8.76. The van der Waals surface area contributed by atoms with Crippen LogP contribution in [0.4, 0.5) is 0 Å². The minimum atomic E-state index is -0.589. The normalized spacial score (nSPS) is 28.3. The molecule has 0 spiro atoms. The van der Waals surface area contributed by atoms with E-state index in [4.69, 9.17) is 18.9 Å². The molecule has 0 bridgehead atoms. The molecule has 1 N–H and O–H groups in total. The van der Waals surface area contributed by atoms with Gasteiger partial charge in [0.1, 0.15) is 18.8 Å². The lowest BCUT2D eigenvalue weighted by Gasteiger charge is -2.43. The van der Waals surface area contributed by atoms with Gasteiger partial charge in [-0.05, 0) is 12.8 Å². The smallest absolute Gasteiger partial charge is 0.303 e. The summed E-state index contributed by atoms with van der Waals surface area (Å²) >= 11 is 3.70. The minimum Gasteiger partial charge on any atom is -0.463 e. The summed E-state index contributed by atoms with van der Waals surface area (Å²) in [6, 6.07) is 0. The molecule has 1 aliphatic rings. The Hall–Kier alpha value is -1.32. The molecule has 1 rings (SSSR count). The molecule has 1 amide bonds. The summed E-state index contributed by atoms with van der Waals surface area (Å²) in [4.78, 5) is 33.6. The molecule has 0 aliphatic carbocycles. The van der Waals surface area contributed by atoms with Gasteiger partial charge in [-0.2, -0.15) is 0 Å². The van der Waals surface area contributed by atoms with Crippen LogP contribution in [0.25, 0.3) is 0 Å². The highest BCUT2D eigenvalue weighted by molar-refractivity contribution is 7.78. The molecular formula is C17H29NO7S. The third-order valence-electron chi connectivity index (χ3n) is 4.41. The van der Waals surface area contributed by atoms with Gasteiger partial charge in [-0.3, -0.25) is 14.4 Å². The van der Waals surface area contributed by atoms with Crippen LogP contribution in [0.15, 0.2) is 0 Å². The van der Waals surface area contributed by atoms with E-state index >= 15 is 0 Å². The molecule has 1 heterocycles. The Labute approximate surface area is 159 Å². The van der Waals surface area contributed by atoms with Crippen LogP contribution in [0.2, 0.25) is 0 Å². The standard InChI is InChI=1S/C17H29NO7S/c1-10-11(2)17(22-8-6-5-7-15(21)18-26)25-14(9-23-12(3)19)16(10)24-13(4)20/h10-11,14,16-17,26H,5-9H2,1-4H3,(H,18,21)/t10-,11?,14?,16-,17?/m1/s1. The average Bonchev–Trinajstić information content (AvgIpc) is 2.58. The number of thiol groups is 1. The second-order valence-electron chi connectivity index (χ2n) is 6.50. The van der Waals surface area contributed by atoms with Crippen LogP contribution in [-0.2, 0) is 33.3 Å². The van der Waals surface area contributed by atoms with Crippen LogP contribution in [0, 0.1) is 11.8 Å². The molecule has 0 saturated carbocycles. The molecule has 0 aromatic rings. The zero-order valence-electron chi connectivity index (χ0n) is 15.7. The number of ether oxygens (including phenoxy) is 4. The summed E-state index contributed by atoms with van der Waals surface area (Å²) in [5.74, 6) is -1.02. The number of rotatable bonds is 9. The van der Waals surface area contributed by atoms with E-state index in [0.29, 0.717) is 25.9 Å². The maximum atomic E-state index is 11.4. The lowest BCUT2D eigenvalue weighted by molar-refractivity contribution is -0.273. The molecule has 1 aliphatic heterocycles. The number of unbranched alkanes of at least 4 members (excludes halogenated alkanes) is 1. The number of esters is 2. The van der Waals surface area contributed by atoms with E-state index < -0.39 is 30.4 Å². The molecule has 26 heavy (non-hydrogen) atoms. The maximum absolute atomic E-state index is 11.4. The Morgan fingerprint density at radius 2 is 1.77 bits per heavy atom. The summed E-state index contributed by atoms with van der Waals surface area (Å²) < 4.78 is 24.4. The molecule has 0 aromatic carbocycles. The highest BCUT2D eigenvalue weighted by Crippen LogP contribution is 2.33. The molecule has 3 unspecified atom stereocenters. The number of carbonyl (C=O) groups is 3. The SMILES string of the molecule is CC(=O)OCC1OC(OCCCCC(=O)NS)C(C)[C@@H](C)[C@H]1OC(C)=O. The predicted molar refractivity (Wildman–Crippen MR) is 96.1 cm³/mol. The van der Waals surface area contributed by atoms with Crippen molar-refractivity contribution < 1.29 is 33.3 Å². The molecule has 9 heteroatoms. The van der Waals surface area contributed by atoms with E-state index in [1.54, 1.807) is 0 Å². The first-order valence-corrected chi connectivity index (χ1v) is 9.21. The molecular weight excluding hydrogens is 362 g/mol. The largest absolute Gasteiger partial charge is 0.463 e. The van der Waals surface area contributed by atoms with Crippen molar-refractivity contribution in [3.63, 3.8) is 0 Å². The zero-order valence-corrected chi connectivity index (χ0v) is 16.6. The van der Waals surface area contributed by atoms with Gasteiger partial charge in [0.15, 0.2) is 6.29 Å². The van der Waals surface area contributed by atoms with Crippen LogP contribution >= 0.6 is 12.8 Å². The summed E-state index contributed by atoms with van der Waals surface area (Å²) in [5.41, 5.74) is 0. The van der Waals surface area contributed by atoms with Crippen LogP contribution in [0.5, 0.6) is 0 Å². The van der Waals surface area contributed by atoms with Gasteiger partial charge in [-0.25, -0.2) is 0 Å². The lowest BCUT2D eigenvalue weighted by atomic mass is 9.84. The second-order valence-corrected chi connectivity index (χ2v) is 6.72. The van der Waals surface area contributed by atoms with Crippen molar-refractivity contribution in [3.8, 4) is 0 Å². The van der Waals surface area contributed by atoms with Crippen molar-refractivity contribution in [3.05, 3.63) is 0 Å². The number of amides is 1. The van der Waals surface area contributed by atoms with E-state index in [1.807, 2.05) is 13.8 Å². The van der Waals surface area contributed by atoms with Crippen LogP contribution in [-0.4, -0.2) is 49.6 Å². The fraction of sp³-hybridized carbons (Fsp3) is 0.824. The Balaban J connectivity index is 2.59. The fourth-order valence-electron chi connectivity index (χ4n) is 2.80. The Bertz CT molecular complexity index is 488. The van der Waals surface area contributed by atoms with Gasteiger partial charge < -0.3 is 23.7 Å². The summed E-state index contributed by atoms with van der Waals surface area (Å²) in [7, 11) is 0. The van der Waals surface area contributed by atoms with Crippen LogP contribution in [0.1, 0.15) is 47.0 Å². The third-order valence-corrected chi connectivity index (χ3v) is 4.66. The van der Waals surface area contributed by atoms with E-state index in [0.717, 1.165) is 0 Å². The number of hydrogen-bond donors (Lipinski definition) is 2. The van der Waals surface area contributed by atoms with E-state index in [2.05, 4.69) is 17.5 Å².